The van der Waals surface area contributed by atoms with Gasteiger partial charge in [-0.15, -0.1) is 0 Å². The number of ether oxygens (including phenoxy) is 4. The average Bonchev–Trinajstić information content (AvgIpc) is 2.86. The van der Waals surface area contributed by atoms with Gasteiger partial charge in [0.1, 0.15) is 6.61 Å². The molecule has 0 radical (unpaired) electrons. The Labute approximate surface area is 114 Å². The molecule has 1 rings (SSSR count). The number of nitrogens with one attached hydrogen (secondary N) is 1. The van der Waals surface area contributed by atoms with Gasteiger partial charge in [-0.25, -0.2) is 0 Å². The van der Waals surface area contributed by atoms with Crippen molar-refractivity contribution in [2.24, 2.45) is 5.92 Å². The van der Waals surface area contributed by atoms with Crippen molar-refractivity contribution in [3.05, 3.63) is 0 Å². The normalized spacial score (nSPS) is 22.6. The van der Waals surface area contributed by atoms with Crippen molar-refractivity contribution in [1.29, 1.82) is 0 Å². The number of rotatable bonds is 10. The summed E-state index contributed by atoms with van der Waals surface area (Å²) in [7, 11) is 1.66. The molecular weight excluding hydrogens is 250 g/mol. The molecule has 1 N–H and O–H groups in total. The van der Waals surface area contributed by atoms with Gasteiger partial charge in [0.05, 0.1) is 25.7 Å². The van der Waals surface area contributed by atoms with Gasteiger partial charge in [0.2, 0.25) is 0 Å². The smallest absolute Gasteiger partial charge is 0.313 e. The van der Waals surface area contributed by atoms with E-state index in [0.29, 0.717) is 39.6 Å². The minimum atomic E-state index is -0.205. The molecule has 1 aliphatic rings. The number of carbonyl (C=O) groups excluding carboxylic acids is 1. The minimum Gasteiger partial charge on any atom is -0.463 e. The predicted molar refractivity (Wildman–Crippen MR) is 70.0 cm³/mol. The second kappa shape index (κ2) is 10.1. The van der Waals surface area contributed by atoms with Gasteiger partial charge in [0.15, 0.2) is 0 Å². The summed E-state index contributed by atoms with van der Waals surface area (Å²) in [4.78, 5) is 11.8. The lowest BCUT2D eigenvalue weighted by Crippen LogP contribution is -2.40. The molecule has 0 aromatic rings. The second-order valence-corrected chi connectivity index (χ2v) is 4.43. The first-order valence-corrected chi connectivity index (χ1v) is 6.84. The monoisotopic (exact) mass is 275 g/mol. The third-order valence-electron chi connectivity index (χ3n) is 2.96. The Hall–Kier alpha value is -0.690. The van der Waals surface area contributed by atoms with E-state index in [2.05, 4.69) is 5.32 Å². The Bertz CT molecular complexity index is 249. The molecule has 0 bridgehead atoms. The Kier molecular flexibility index (Phi) is 8.73. The van der Waals surface area contributed by atoms with Crippen molar-refractivity contribution in [1.82, 2.24) is 5.32 Å². The van der Waals surface area contributed by atoms with E-state index in [0.717, 1.165) is 13.0 Å². The number of hydrogen-bond acceptors (Lipinski definition) is 6. The first kappa shape index (κ1) is 16.4. The van der Waals surface area contributed by atoms with Crippen molar-refractivity contribution in [2.75, 3.05) is 53.3 Å². The van der Waals surface area contributed by atoms with Gasteiger partial charge in [-0.1, -0.05) is 6.92 Å². The zero-order valence-corrected chi connectivity index (χ0v) is 11.9. The molecule has 112 valence electrons. The Morgan fingerprint density at radius 3 is 2.84 bits per heavy atom. The van der Waals surface area contributed by atoms with Crippen LogP contribution in [0.15, 0.2) is 0 Å². The van der Waals surface area contributed by atoms with Crippen molar-refractivity contribution in [2.45, 2.75) is 19.4 Å². The van der Waals surface area contributed by atoms with Gasteiger partial charge in [0, 0.05) is 26.4 Å². The molecule has 0 amide bonds. The molecule has 0 spiro atoms. The van der Waals surface area contributed by atoms with Crippen LogP contribution in [0, 0.1) is 5.92 Å². The van der Waals surface area contributed by atoms with E-state index in [9.17, 15) is 4.79 Å². The standard InChI is InChI=1S/C13H25NO5/c1-3-14-12-10-18-9-11(12)13(15)19-8-7-17-6-4-5-16-2/h11-12,14H,3-10H2,1-2H3. The molecular formula is C13H25NO5. The predicted octanol–water partition coefficient (Wildman–Crippen LogP) is 0.207. The van der Waals surface area contributed by atoms with E-state index in [1.54, 1.807) is 7.11 Å². The van der Waals surface area contributed by atoms with Gasteiger partial charge in [0.25, 0.3) is 0 Å². The van der Waals surface area contributed by atoms with Crippen LogP contribution in [0.1, 0.15) is 13.3 Å². The summed E-state index contributed by atoms with van der Waals surface area (Å²) >= 11 is 0. The van der Waals surface area contributed by atoms with Gasteiger partial charge in [-0.3, -0.25) is 4.79 Å². The summed E-state index contributed by atoms with van der Waals surface area (Å²) in [6, 6.07) is 0.0696. The summed E-state index contributed by atoms with van der Waals surface area (Å²) in [6.07, 6.45) is 0.851. The minimum absolute atomic E-state index is 0.0696. The van der Waals surface area contributed by atoms with Gasteiger partial charge >= 0.3 is 5.97 Å². The maximum absolute atomic E-state index is 11.8. The van der Waals surface area contributed by atoms with Gasteiger partial charge in [-0.2, -0.15) is 0 Å². The van der Waals surface area contributed by atoms with Gasteiger partial charge < -0.3 is 24.3 Å². The van der Waals surface area contributed by atoms with Crippen LogP contribution >= 0.6 is 0 Å². The fourth-order valence-corrected chi connectivity index (χ4v) is 1.97. The second-order valence-electron chi connectivity index (χ2n) is 4.43. The Balaban J connectivity index is 2.07. The van der Waals surface area contributed by atoms with Crippen LogP contribution in [0.5, 0.6) is 0 Å². The number of hydrogen-bond donors (Lipinski definition) is 1. The van der Waals surface area contributed by atoms with Crippen LogP contribution < -0.4 is 5.32 Å². The van der Waals surface area contributed by atoms with Crippen LogP contribution in [0.2, 0.25) is 0 Å². The number of likely N-dealkylation sites (N-methyl/N-ethyl adjacent to an activating group) is 1. The lowest BCUT2D eigenvalue weighted by atomic mass is 10.0. The molecule has 1 heterocycles. The van der Waals surface area contributed by atoms with E-state index in [1.807, 2.05) is 6.92 Å². The van der Waals surface area contributed by atoms with Crippen molar-refractivity contribution in [3.63, 3.8) is 0 Å². The third-order valence-corrected chi connectivity index (χ3v) is 2.96. The topological polar surface area (TPSA) is 66.0 Å². The molecule has 0 aromatic carbocycles. The zero-order valence-electron chi connectivity index (χ0n) is 11.9. The fourth-order valence-electron chi connectivity index (χ4n) is 1.97. The molecule has 1 saturated heterocycles. The van der Waals surface area contributed by atoms with Crippen LogP contribution in [-0.2, 0) is 23.7 Å². The molecule has 1 aliphatic heterocycles. The molecule has 0 aliphatic carbocycles. The number of esters is 1. The van der Waals surface area contributed by atoms with Crippen molar-refractivity contribution >= 4 is 5.97 Å². The summed E-state index contributed by atoms with van der Waals surface area (Å²) in [5.74, 6) is -0.405. The van der Waals surface area contributed by atoms with E-state index in [-0.39, 0.29) is 17.9 Å². The van der Waals surface area contributed by atoms with E-state index < -0.39 is 0 Å². The number of methoxy groups -OCH3 is 1. The quantitative estimate of drug-likeness (QED) is 0.454. The molecule has 0 aromatic heterocycles. The third kappa shape index (κ3) is 6.33. The van der Waals surface area contributed by atoms with Crippen molar-refractivity contribution in [3.8, 4) is 0 Å². The largest absolute Gasteiger partial charge is 0.463 e. The first-order valence-electron chi connectivity index (χ1n) is 6.84. The Morgan fingerprint density at radius 2 is 2.11 bits per heavy atom. The van der Waals surface area contributed by atoms with Crippen molar-refractivity contribution < 1.29 is 23.7 Å². The highest BCUT2D eigenvalue weighted by atomic mass is 16.6. The van der Waals surface area contributed by atoms with E-state index in [4.69, 9.17) is 18.9 Å². The molecule has 2 unspecified atom stereocenters. The Morgan fingerprint density at radius 1 is 1.26 bits per heavy atom. The van der Waals surface area contributed by atoms with E-state index >= 15 is 0 Å². The lowest BCUT2D eigenvalue weighted by molar-refractivity contribution is -0.150. The molecule has 6 nitrogen and oxygen atoms in total. The maximum Gasteiger partial charge on any atom is 0.313 e. The summed E-state index contributed by atoms with van der Waals surface area (Å²) in [5, 5.41) is 3.23. The van der Waals surface area contributed by atoms with Crippen LogP contribution in [0.25, 0.3) is 0 Å². The van der Waals surface area contributed by atoms with Crippen LogP contribution in [-0.4, -0.2) is 65.3 Å². The molecule has 6 heteroatoms. The highest BCUT2D eigenvalue weighted by Gasteiger charge is 2.34. The zero-order chi connectivity index (χ0) is 13.9. The molecule has 2 atom stereocenters. The molecule has 1 fully saturated rings. The van der Waals surface area contributed by atoms with E-state index in [1.165, 1.54) is 0 Å². The highest BCUT2D eigenvalue weighted by Crippen LogP contribution is 2.15. The number of carbonyl (C=O) groups is 1. The lowest BCUT2D eigenvalue weighted by Gasteiger charge is -2.17. The van der Waals surface area contributed by atoms with Crippen LogP contribution in [0.3, 0.4) is 0 Å². The summed E-state index contributed by atoms with van der Waals surface area (Å²) < 4.78 is 20.7. The van der Waals surface area contributed by atoms with Gasteiger partial charge in [-0.05, 0) is 13.0 Å². The molecule has 0 saturated carbocycles. The summed E-state index contributed by atoms with van der Waals surface area (Å²) in [6.45, 7) is 5.86. The molecule has 19 heavy (non-hydrogen) atoms. The average molecular weight is 275 g/mol. The SMILES string of the molecule is CCNC1COCC1C(=O)OCCOCCCOC. The summed E-state index contributed by atoms with van der Waals surface area (Å²) in [5.41, 5.74) is 0. The highest BCUT2D eigenvalue weighted by molar-refractivity contribution is 5.73. The fraction of sp³-hybridized carbons (Fsp3) is 0.923. The van der Waals surface area contributed by atoms with Crippen LogP contribution in [0.4, 0.5) is 0 Å². The first-order chi connectivity index (χ1) is 9.29. The maximum atomic E-state index is 11.8.